The van der Waals surface area contributed by atoms with Crippen LogP contribution in [0.5, 0.6) is 11.5 Å². The average Bonchev–Trinajstić information content (AvgIpc) is 2.56. The molecular weight excluding hydrogens is 360 g/mol. The Balaban J connectivity index is 2.57. The number of phenols is 2. The second kappa shape index (κ2) is 8.67. The minimum atomic E-state index is -1.31. The fourth-order valence-electron chi connectivity index (χ4n) is 4.29. The molecule has 0 fully saturated rings. The molecule has 0 aromatic heterocycles. The maximum atomic E-state index is 11.7. The van der Waals surface area contributed by atoms with Crippen molar-refractivity contribution in [1.82, 2.24) is 0 Å². The molecule has 1 aromatic carbocycles. The quantitative estimate of drug-likeness (QED) is 0.369. The second-order valence-corrected chi connectivity index (χ2v) is 8.08. The molecule has 1 aliphatic rings. The van der Waals surface area contributed by atoms with Crippen LogP contribution in [0.25, 0.3) is 0 Å². The molecule has 0 radical (unpaired) electrons. The molecule has 4 atom stereocenters. The summed E-state index contributed by atoms with van der Waals surface area (Å²) in [5.74, 6) is -3.06. The number of allylic oxidation sites excluding steroid dienone is 2. The van der Waals surface area contributed by atoms with Crippen molar-refractivity contribution in [3.05, 3.63) is 34.4 Å². The van der Waals surface area contributed by atoms with E-state index in [9.17, 15) is 24.9 Å². The molecule has 3 N–H and O–H groups in total. The standard InChI is InChI=1S/C22H30O6/c1-11(2)7-6-8-12(3)18-15-10-16(22(26)27)20(24)21(25)19(15)13(4)9-17(18)28-14(5)23/h7,10,12-13,17-18,24-25H,6,8-9H2,1-5H3,(H,26,27). The SMILES string of the molecule is CC(=O)OC1CC(C)c2c(cc(C(=O)O)c(O)c2O)C1C(C)CCC=C(C)C. The van der Waals surface area contributed by atoms with Crippen molar-refractivity contribution < 1.29 is 29.6 Å². The highest BCUT2D eigenvalue weighted by Gasteiger charge is 2.41. The number of rotatable bonds is 6. The van der Waals surface area contributed by atoms with Crippen LogP contribution in [-0.2, 0) is 9.53 Å². The Morgan fingerprint density at radius 3 is 2.43 bits per heavy atom. The first-order chi connectivity index (χ1) is 13.0. The molecule has 0 aliphatic heterocycles. The number of hydrogen-bond acceptors (Lipinski definition) is 5. The van der Waals surface area contributed by atoms with E-state index in [-0.39, 0.29) is 35.0 Å². The molecule has 6 heteroatoms. The summed E-state index contributed by atoms with van der Waals surface area (Å²) in [4.78, 5) is 23.2. The van der Waals surface area contributed by atoms with Crippen molar-refractivity contribution >= 4 is 11.9 Å². The number of phenolic OH excluding ortho intramolecular Hbond substituents is 1. The van der Waals surface area contributed by atoms with Crippen molar-refractivity contribution in [2.24, 2.45) is 5.92 Å². The van der Waals surface area contributed by atoms with Crippen molar-refractivity contribution in [2.75, 3.05) is 0 Å². The van der Waals surface area contributed by atoms with E-state index in [4.69, 9.17) is 4.74 Å². The third kappa shape index (κ3) is 4.49. The van der Waals surface area contributed by atoms with Gasteiger partial charge in [-0.1, -0.05) is 25.5 Å². The minimum absolute atomic E-state index is 0.0804. The second-order valence-electron chi connectivity index (χ2n) is 8.08. The molecule has 2 rings (SSSR count). The number of aromatic hydroxyl groups is 2. The third-order valence-electron chi connectivity index (χ3n) is 5.52. The molecular formula is C22H30O6. The number of carboxylic acids is 1. The van der Waals surface area contributed by atoms with Crippen LogP contribution in [0.4, 0.5) is 0 Å². The van der Waals surface area contributed by atoms with E-state index >= 15 is 0 Å². The van der Waals surface area contributed by atoms with Crippen molar-refractivity contribution in [2.45, 2.75) is 71.8 Å². The Morgan fingerprint density at radius 2 is 1.89 bits per heavy atom. The fraction of sp³-hybridized carbons (Fsp3) is 0.545. The van der Waals surface area contributed by atoms with Gasteiger partial charge < -0.3 is 20.1 Å². The van der Waals surface area contributed by atoms with Crippen LogP contribution < -0.4 is 0 Å². The van der Waals surface area contributed by atoms with Gasteiger partial charge in [-0.3, -0.25) is 4.79 Å². The molecule has 154 valence electrons. The topological polar surface area (TPSA) is 104 Å². The number of aromatic carboxylic acids is 1. The highest BCUT2D eigenvalue weighted by atomic mass is 16.5. The number of esters is 1. The van der Waals surface area contributed by atoms with Gasteiger partial charge in [0.15, 0.2) is 11.5 Å². The van der Waals surface area contributed by atoms with Crippen molar-refractivity contribution in [3.63, 3.8) is 0 Å². The Kier molecular flexibility index (Phi) is 6.75. The molecule has 0 heterocycles. The molecule has 28 heavy (non-hydrogen) atoms. The summed E-state index contributed by atoms with van der Waals surface area (Å²) < 4.78 is 5.60. The summed E-state index contributed by atoms with van der Waals surface area (Å²) in [6.07, 6.45) is 3.91. The van der Waals surface area contributed by atoms with Gasteiger partial charge in [-0.25, -0.2) is 4.79 Å². The van der Waals surface area contributed by atoms with E-state index in [1.165, 1.54) is 18.6 Å². The van der Waals surface area contributed by atoms with Crippen LogP contribution in [-0.4, -0.2) is 33.4 Å². The Bertz CT molecular complexity index is 791. The molecule has 4 unspecified atom stereocenters. The number of ether oxygens (including phenoxy) is 1. The van der Waals surface area contributed by atoms with E-state index in [1.807, 2.05) is 27.7 Å². The summed E-state index contributed by atoms with van der Waals surface area (Å²) in [6.45, 7) is 9.35. The molecule has 0 spiro atoms. The number of fused-ring (bicyclic) bond motifs is 1. The minimum Gasteiger partial charge on any atom is -0.504 e. The van der Waals surface area contributed by atoms with E-state index in [0.29, 0.717) is 17.5 Å². The zero-order valence-corrected chi connectivity index (χ0v) is 17.2. The number of benzene rings is 1. The van der Waals surface area contributed by atoms with Gasteiger partial charge in [0.2, 0.25) is 0 Å². The van der Waals surface area contributed by atoms with Gasteiger partial charge in [0, 0.05) is 18.4 Å². The molecule has 0 amide bonds. The lowest BCUT2D eigenvalue weighted by atomic mass is 9.69. The zero-order chi connectivity index (χ0) is 21.2. The van der Waals surface area contributed by atoms with E-state index < -0.39 is 17.8 Å². The Hall–Kier alpha value is -2.50. The number of carbonyl (C=O) groups excluding carboxylic acids is 1. The number of hydrogen-bond donors (Lipinski definition) is 3. The zero-order valence-electron chi connectivity index (χ0n) is 17.2. The first-order valence-electron chi connectivity index (χ1n) is 9.67. The first-order valence-corrected chi connectivity index (χ1v) is 9.67. The first kappa shape index (κ1) is 21.8. The summed E-state index contributed by atoms with van der Waals surface area (Å²) in [7, 11) is 0. The maximum absolute atomic E-state index is 11.7. The molecule has 0 saturated heterocycles. The molecule has 1 aliphatic carbocycles. The predicted molar refractivity (Wildman–Crippen MR) is 106 cm³/mol. The molecule has 1 aromatic rings. The normalized spacial score (nSPS) is 22.1. The smallest absolute Gasteiger partial charge is 0.339 e. The number of carboxylic acid groups (broad SMARTS) is 1. The van der Waals surface area contributed by atoms with Crippen molar-refractivity contribution in [3.8, 4) is 11.5 Å². The largest absolute Gasteiger partial charge is 0.504 e. The monoisotopic (exact) mass is 390 g/mol. The molecule has 6 nitrogen and oxygen atoms in total. The van der Waals surface area contributed by atoms with E-state index in [2.05, 4.69) is 6.08 Å². The fourth-order valence-corrected chi connectivity index (χ4v) is 4.29. The lowest BCUT2D eigenvalue weighted by molar-refractivity contribution is -0.149. The van der Waals surface area contributed by atoms with Crippen LogP contribution in [0.3, 0.4) is 0 Å². The van der Waals surface area contributed by atoms with Crippen LogP contribution in [0.15, 0.2) is 17.7 Å². The number of carbonyl (C=O) groups is 2. The lowest BCUT2D eigenvalue weighted by Crippen LogP contribution is -2.35. The van der Waals surface area contributed by atoms with Crippen molar-refractivity contribution in [1.29, 1.82) is 0 Å². The van der Waals surface area contributed by atoms with Gasteiger partial charge in [0.05, 0.1) is 0 Å². The average molecular weight is 390 g/mol. The van der Waals surface area contributed by atoms with Crippen LogP contribution >= 0.6 is 0 Å². The van der Waals surface area contributed by atoms with Crippen LogP contribution in [0.1, 0.15) is 87.2 Å². The summed E-state index contributed by atoms with van der Waals surface area (Å²) in [5, 5.41) is 30.1. The highest BCUT2D eigenvalue weighted by Crippen LogP contribution is 2.51. The third-order valence-corrected chi connectivity index (χ3v) is 5.52. The van der Waals surface area contributed by atoms with Gasteiger partial charge in [0.1, 0.15) is 11.7 Å². The summed E-state index contributed by atoms with van der Waals surface area (Å²) >= 11 is 0. The predicted octanol–water partition coefficient (Wildman–Crippen LogP) is 4.70. The molecule has 0 saturated carbocycles. The van der Waals surface area contributed by atoms with E-state index in [1.54, 1.807) is 0 Å². The highest BCUT2D eigenvalue weighted by molar-refractivity contribution is 5.92. The van der Waals surface area contributed by atoms with Gasteiger partial charge in [-0.15, -0.1) is 0 Å². The summed E-state index contributed by atoms with van der Waals surface area (Å²) in [5.41, 5.74) is 2.07. The van der Waals surface area contributed by atoms with Gasteiger partial charge in [-0.2, -0.15) is 0 Å². The maximum Gasteiger partial charge on any atom is 0.339 e. The van der Waals surface area contributed by atoms with Gasteiger partial charge in [0.25, 0.3) is 0 Å². The van der Waals surface area contributed by atoms with E-state index in [0.717, 1.165) is 12.8 Å². The molecule has 0 bridgehead atoms. The summed E-state index contributed by atoms with van der Waals surface area (Å²) in [6, 6.07) is 1.43. The van der Waals surface area contributed by atoms with Gasteiger partial charge in [-0.05, 0) is 56.6 Å². The van der Waals surface area contributed by atoms with Crippen LogP contribution in [0.2, 0.25) is 0 Å². The van der Waals surface area contributed by atoms with Gasteiger partial charge >= 0.3 is 11.9 Å². The Morgan fingerprint density at radius 1 is 1.25 bits per heavy atom. The van der Waals surface area contributed by atoms with Crippen LogP contribution in [0, 0.1) is 5.92 Å². The lowest BCUT2D eigenvalue weighted by Gasteiger charge is -2.40. The Labute approximate surface area is 165 Å².